The number of aromatic carboxylic acids is 1. The molecule has 0 unspecified atom stereocenters. The molecule has 0 bridgehead atoms. The molecule has 3 amide bonds. The molecule has 5 rings (SSSR count). The van der Waals surface area contributed by atoms with Crippen LogP contribution in [0.15, 0.2) is 60.0 Å². The van der Waals surface area contributed by atoms with Gasteiger partial charge in [0, 0.05) is 52.3 Å². The second-order valence-corrected chi connectivity index (χ2v) is 12.8. The molecule has 12 heteroatoms. The number of rotatable bonds is 9. The molecule has 0 spiro atoms. The maximum Gasteiger partial charge on any atom is 0.412 e. The number of hydrogen-bond acceptors (Lipinski definition) is 8. The van der Waals surface area contributed by atoms with E-state index in [1.807, 2.05) is 18.4 Å². The van der Waals surface area contributed by atoms with Gasteiger partial charge in [-0.3, -0.25) is 14.9 Å². The molecule has 0 fully saturated rings. The number of anilines is 1. The zero-order chi connectivity index (χ0) is 33.7. The first-order valence-electron chi connectivity index (χ1n) is 15.2. The minimum Gasteiger partial charge on any atom is -0.493 e. The number of nitrogens with zero attached hydrogens (tertiary/aromatic N) is 1. The molecule has 0 atom stereocenters. The highest BCUT2D eigenvalue weighted by atomic mass is 32.1. The molecule has 0 aliphatic carbocycles. The Bertz CT molecular complexity index is 1830. The van der Waals surface area contributed by atoms with Crippen LogP contribution in [0, 0.1) is 0 Å². The van der Waals surface area contributed by atoms with Gasteiger partial charge < -0.3 is 25.2 Å². The molecule has 0 radical (unpaired) electrons. The van der Waals surface area contributed by atoms with Crippen molar-refractivity contribution in [1.29, 1.82) is 0 Å². The Morgan fingerprint density at radius 2 is 1.72 bits per heavy atom. The Kier molecular flexibility index (Phi) is 9.90. The molecular formula is C35H36N4O7S. The van der Waals surface area contributed by atoms with Gasteiger partial charge in [0.25, 0.3) is 11.8 Å². The summed E-state index contributed by atoms with van der Waals surface area (Å²) in [6, 6.07) is 15.3. The van der Waals surface area contributed by atoms with Crippen molar-refractivity contribution in [2.75, 3.05) is 18.5 Å². The zero-order valence-corrected chi connectivity index (χ0v) is 27.4. The van der Waals surface area contributed by atoms with Crippen molar-refractivity contribution in [3.8, 4) is 27.3 Å². The number of hydrogen-bond donors (Lipinski definition) is 4. The number of carboxylic acid groups (broad SMARTS) is 1. The van der Waals surface area contributed by atoms with Crippen molar-refractivity contribution in [2.24, 2.45) is 0 Å². The molecule has 4 aromatic rings. The van der Waals surface area contributed by atoms with E-state index in [4.69, 9.17) is 9.47 Å². The summed E-state index contributed by atoms with van der Waals surface area (Å²) in [7, 11) is 0. The van der Waals surface area contributed by atoms with Gasteiger partial charge in [0.15, 0.2) is 5.69 Å². The van der Waals surface area contributed by atoms with Gasteiger partial charge in [-0.25, -0.2) is 14.6 Å². The minimum atomic E-state index is -1.34. The van der Waals surface area contributed by atoms with Crippen LogP contribution in [-0.4, -0.2) is 52.7 Å². The molecule has 1 aliphatic heterocycles. The van der Waals surface area contributed by atoms with Crippen molar-refractivity contribution in [1.82, 2.24) is 15.6 Å². The maximum absolute atomic E-state index is 13.9. The van der Waals surface area contributed by atoms with Crippen molar-refractivity contribution in [2.45, 2.75) is 52.7 Å². The first kappa shape index (κ1) is 33.1. The Balaban J connectivity index is 1.48. The number of thiophene rings is 1. The van der Waals surface area contributed by atoms with E-state index in [9.17, 15) is 24.3 Å². The SMILES string of the molecule is CCCNC(=O)c1ccc(-c2cc3c(cc2C(=O)NCc2ccc(NC(=O)OC(C)(C)C)cc2)-c2sccc2CCO3)c(C(=O)O)n1. The van der Waals surface area contributed by atoms with E-state index in [1.54, 1.807) is 68.5 Å². The van der Waals surface area contributed by atoms with E-state index in [-0.39, 0.29) is 29.1 Å². The van der Waals surface area contributed by atoms with Gasteiger partial charge in [-0.05, 0) is 86.2 Å². The number of ether oxygens (including phenoxy) is 2. The highest BCUT2D eigenvalue weighted by Gasteiger charge is 2.26. The van der Waals surface area contributed by atoms with E-state index >= 15 is 0 Å². The van der Waals surface area contributed by atoms with Crippen molar-refractivity contribution >= 4 is 40.9 Å². The number of fused-ring (bicyclic) bond motifs is 3. The predicted octanol–water partition coefficient (Wildman–Crippen LogP) is 6.53. The first-order chi connectivity index (χ1) is 22.4. The van der Waals surface area contributed by atoms with Crippen LogP contribution in [0.4, 0.5) is 10.5 Å². The maximum atomic E-state index is 13.9. The standard InChI is InChI=1S/C35H36N4O7S/c1-5-14-36-32(41)27-11-10-23(29(39-27)33(42)43)24-18-28-26(30-21(12-15-45-28)13-16-47-30)17-25(24)31(40)37-19-20-6-8-22(9-7-20)38-34(44)46-35(2,3)4/h6-11,13,16-18H,5,12,14-15,19H2,1-4H3,(H,36,41)(H,37,40)(H,38,44)(H,42,43). The Morgan fingerprint density at radius 3 is 2.43 bits per heavy atom. The average molecular weight is 657 g/mol. The van der Waals surface area contributed by atoms with Gasteiger partial charge in [-0.15, -0.1) is 11.3 Å². The van der Waals surface area contributed by atoms with Crippen LogP contribution in [0.1, 0.15) is 76.6 Å². The number of carbonyl (C=O) groups excluding carboxylic acids is 3. The monoisotopic (exact) mass is 656 g/mol. The van der Waals surface area contributed by atoms with Crippen LogP contribution in [0.5, 0.6) is 5.75 Å². The van der Waals surface area contributed by atoms with Crippen LogP contribution in [0.25, 0.3) is 21.6 Å². The molecular weight excluding hydrogens is 620 g/mol. The van der Waals surface area contributed by atoms with E-state index in [2.05, 4.69) is 20.9 Å². The molecule has 1 aliphatic rings. The van der Waals surface area contributed by atoms with Crippen molar-refractivity contribution in [3.63, 3.8) is 0 Å². The summed E-state index contributed by atoms with van der Waals surface area (Å²) in [6.45, 7) is 8.24. The summed E-state index contributed by atoms with van der Waals surface area (Å²) in [5.74, 6) is -1.75. The fourth-order valence-corrected chi connectivity index (χ4v) is 6.00. The fourth-order valence-electron chi connectivity index (χ4n) is 5.03. The van der Waals surface area contributed by atoms with Gasteiger partial charge in [0.1, 0.15) is 17.0 Å². The second kappa shape index (κ2) is 14.0. The highest BCUT2D eigenvalue weighted by Crippen LogP contribution is 2.43. The quantitative estimate of drug-likeness (QED) is 0.159. The lowest BCUT2D eigenvalue weighted by Gasteiger charge is -2.19. The fraction of sp³-hybridized carbons (Fsp3) is 0.286. The van der Waals surface area contributed by atoms with Gasteiger partial charge in [-0.2, -0.15) is 0 Å². The number of aromatic nitrogens is 1. The van der Waals surface area contributed by atoms with Crippen molar-refractivity contribution in [3.05, 3.63) is 88.1 Å². The summed E-state index contributed by atoms with van der Waals surface area (Å²) in [5, 5.41) is 20.5. The van der Waals surface area contributed by atoms with Crippen LogP contribution in [0.3, 0.4) is 0 Å². The van der Waals surface area contributed by atoms with Gasteiger partial charge in [-0.1, -0.05) is 19.1 Å². The summed E-state index contributed by atoms with van der Waals surface area (Å²) in [6.07, 6.45) is 0.826. The second-order valence-electron chi connectivity index (χ2n) is 11.9. The van der Waals surface area contributed by atoms with Crippen molar-refractivity contribution < 1.29 is 33.8 Å². The van der Waals surface area contributed by atoms with Gasteiger partial charge in [0.2, 0.25) is 0 Å². The number of benzene rings is 2. The molecule has 47 heavy (non-hydrogen) atoms. The van der Waals surface area contributed by atoms with Crippen LogP contribution in [0.2, 0.25) is 0 Å². The Morgan fingerprint density at radius 1 is 0.957 bits per heavy atom. The lowest BCUT2D eigenvalue weighted by Crippen LogP contribution is -2.27. The van der Waals surface area contributed by atoms with E-state index in [1.165, 1.54) is 12.1 Å². The summed E-state index contributed by atoms with van der Waals surface area (Å²) in [5.41, 5.74) is 2.82. The Hall–Kier alpha value is -5.23. The highest BCUT2D eigenvalue weighted by molar-refractivity contribution is 7.13. The smallest absolute Gasteiger partial charge is 0.412 e. The summed E-state index contributed by atoms with van der Waals surface area (Å²) in [4.78, 5) is 56.2. The Labute approximate surface area is 276 Å². The van der Waals surface area contributed by atoms with Gasteiger partial charge in [0.05, 0.1) is 6.61 Å². The molecule has 2 aromatic heterocycles. The number of pyridine rings is 1. The van der Waals surface area contributed by atoms with E-state index < -0.39 is 29.5 Å². The van der Waals surface area contributed by atoms with Crippen LogP contribution >= 0.6 is 11.3 Å². The third-order valence-corrected chi connectivity index (χ3v) is 8.18. The third kappa shape index (κ3) is 7.95. The normalized spacial score (nSPS) is 12.1. The summed E-state index contributed by atoms with van der Waals surface area (Å²) >= 11 is 1.54. The lowest BCUT2D eigenvalue weighted by molar-refractivity contribution is 0.0633. The molecule has 0 saturated heterocycles. The van der Waals surface area contributed by atoms with E-state index in [0.29, 0.717) is 43.0 Å². The molecule has 11 nitrogen and oxygen atoms in total. The number of nitrogens with one attached hydrogen (secondary N) is 3. The zero-order valence-electron chi connectivity index (χ0n) is 26.6. The average Bonchev–Trinajstić information content (AvgIpc) is 3.43. The lowest BCUT2D eigenvalue weighted by atomic mass is 9.93. The number of amides is 3. The molecule has 2 aromatic carbocycles. The number of carbonyl (C=O) groups is 4. The third-order valence-electron chi connectivity index (χ3n) is 7.19. The van der Waals surface area contributed by atoms with Crippen LogP contribution < -0.4 is 20.7 Å². The number of carboxylic acids is 1. The molecule has 0 saturated carbocycles. The summed E-state index contributed by atoms with van der Waals surface area (Å²) < 4.78 is 11.4. The molecule has 244 valence electrons. The first-order valence-corrected chi connectivity index (χ1v) is 16.1. The predicted molar refractivity (Wildman–Crippen MR) is 179 cm³/mol. The molecule has 4 N–H and O–H groups in total. The van der Waals surface area contributed by atoms with Gasteiger partial charge >= 0.3 is 12.1 Å². The van der Waals surface area contributed by atoms with E-state index in [0.717, 1.165) is 21.6 Å². The largest absolute Gasteiger partial charge is 0.493 e. The molecule has 3 heterocycles. The topological polar surface area (TPSA) is 156 Å². The van der Waals surface area contributed by atoms with Crippen LogP contribution in [-0.2, 0) is 17.7 Å². The minimum absolute atomic E-state index is 0.0376.